The van der Waals surface area contributed by atoms with Crippen LogP contribution in [0.1, 0.15) is 27.4 Å². The summed E-state index contributed by atoms with van der Waals surface area (Å²) in [6, 6.07) is 4.88. The molecule has 1 aromatic carbocycles. The number of alkyl halides is 3. The Morgan fingerprint density at radius 2 is 2.00 bits per heavy atom. The van der Waals surface area contributed by atoms with Gasteiger partial charge in [-0.2, -0.15) is 13.2 Å². The Bertz CT molecular complexity index is 982. The van der Waals surface area contributed by atoms with Gasteiger partial charge in [-0.15, -0.1) is 0 Å². The van der Waals surface area contributed by atoms with Crippen LogP contribution < -0.4 is 4.90 Å². The summed E-state index contributed by atoms with van der Waals surface area (Å²) in [4.78, 5) is 28.3. The summed E-state index contributed by atoms with van der Waals surface area (Å²) in [5.74, 6) is 1.33. The Balaban J connectivity index is 1.46. The fourth-order valence-electron chi connectivity index (χ4n) is 3.84. The van der Waals surface area contributed by atoms with Crippen molar-refractivity contribution < 1.29 is 22.7 Å². The van der Waals surface area contributed by atoms with E-state index >= 15 is 0 Å². The standard InChI is InChI=1S/C18H16F3N5O2/c1-25-16(27)14-15(26-12-8-28-7-11(12)22-17(25)26)24-13(23-14)6-9-2-4-10(5-3-9)18(19,20)21/h2-5,11-12H,6-8H2,1H3,(H,23,24)/t11-,12+/m1/s1. The minimum atomic E-state index is -4.37. The smallest absolute Gasteiger partial charge is 0.377 e. The number of imidazole rings is 1. The minimum absolute atomic E-state index is 0.00785. The van der Waals surface area contributed by atoms with Crippen LogP contribution >= 0.6 is 0 Å². The molecule has 0 aliphatic carbocycles. The molecule has 1 fully saturated rings. The number of aromatic amines is 1. The Hall–Kier alpha value is -2.88. The number of guanidine groups is 1. The molecular weight excluding hydrogens is 375 g/mol. The molecule has 4 heterocycles. The number of aliphatic imine (C=N–C) groups is 1. The third-order valence-electron chi connectivity index (χ3n) is 5.28. The number of H-pyrrole nitrogens is 1. The van der Waals surface area contributed by atoms with Crippen molar-refractivity contribution in [3.8, 4) is 0 Å². The molecule has 5 rings (SSSR count). The number of ether oxygens (including phenoxy) is 1. The van der Waals surface area contributed by atoms with E-state index in [1.165, 1.54) is 17.0 Å². The Labute approximate surface area is 157 Å². The molecule has 1 aromatic heterocycles. The van der Waals surface area contributed by atoms with Crippen molar-refractivity contribution in [1.82, 2.24) is 14.9 Å². The number of carbonyl (C=O) groups is 1. The monoisotopic (exact) mass is 391 g/mol. The van der Waals surface area contributed by atoms with Gasteiger partial charge in [0.15, 0.2) is 5.82 Å². The third kappa shape index (κ3) is 2.51. The number of anilines is 1. The molecular formula is C18H16F3N5O2. The van der Waals surface area contributed by atoms with Gasteiger partial charge < -0.3 is 9.72 Å². The van der Waals surface area contributed by atoms with E-state index in [1.807, 2.05) is 4.90 Å². The van der Waals surface area contributed by atoms with E-state index < -0.39 is 11.7 Å². The molecule has 10 heteroatoms. The van der Waals surface area contributed by atoms with Crippen molar-refractivity contribution in [2.45, 2.75) is 24.7 Å². The zero-order valence-electron chi connectivity index (χ0n) is 14.8. The lowest BCUT2D eigenvalue weighted by Gasteiger charge is -2.33. The second-order valence-corrected chi connectivity index (χ2v) is 7.09. The van der Waals surface area contributed by atoms with E-state index in [0.717, 1.165) is 12.1 Å². The van der Waals surface area contributed by atoms with E-state index in [4.69, 9.17) is 4.74 Å². The van der Waals surface area contributed by atoms with Gasteiger partial charge in [0.1, 0.15) is 17.6 Å². The fraction of sp³-hybridized carbons (Fsp3) is 0.389. The summed E-state index contributed by atoms with van der Waals surface area (Å²) < 4.78 is 43.7. The first-order valence-corrected chi connectivity index (χ1v) is 8.81. The van der Waals surface area contributed by atoms with Crippen LogP contribution in [0.3, 0.4) is 0 Å². The molecule has 1 N–H and O–H groups in total. The molecule has 1 amide bonds. The van der Waals surface area contributed by atoms with Gasteiger partial charge in [0, 0.05) is 13.5 Å². The summed E-state index contributed by atoms with van der Waals surface area (Å²) in [6.45, 7) is 1.01. The number of rotatable bonds is 2. The zero-order valence-corrected chi connectivity index (χ0v) is 14.8. The van der Waals surface area contributed by atoms with Crippen LogP contribution in [-0.2, 0) is 17.3 Å². The molecule has 0 saturated carbocycles. The lowest BCUT2D eigenvalue weighted by Crippen LogP contribution is -2.52. The number of nitrogens with zero attached hydrogens (tertiary/aromatic N) is 4. The van der Waals surface area contributed by atoms with E-state index in [9.17, 15) is 18.0 Å². The van der Waals surface area contributed by atoms with Crippen molar-refractivity contribution in [2.75, 3.05) is 25.2 Å². The van der Waals surface area contributed by atoms with Crippen LogP contribution in [0.25, 0.3) is 0 Å². The molecule has 146 valence electrons. The first kappa shape index (κ1) is 17.2. The molecule has 3 aliphatic rings. The SMILES string of the molecule is CN1C(=O)c2[nH]c(Cc3ccc(C(F)(F)F)cc3)nc2N2C1=N[C@@H]1COC[C@@H]12. The second-order valence-electron chi connectivity index (χ2n) is 7.09. The molecule has 0 bridgehead atoms. The van der Waals surface area contributed by atoms with Crippen LogP contribution in [0.5, 0.6) is 0 Å². The molecule has 7 nitrogen and oxygen atoms in total. The largest absolute Gasteiger partial charge is 0.416 e. The summed E-state index contributed by atoms with van der Waals surface area (Å²) in [5.41, 5.74) is 0.324. The van der Waals surface area contributed by atoms with Gasteiger partial charge in [-0.25, -0.2) is 9.98 Å². The number of carbonyl (C=O) groups excluding carboxylic acids is 1. The predicted molar refractivity (Wildman–Crippen MR) is 93.2 cm³/mol. The van der Waals surface area contributed by atoms with E-state index in [2.05, 4.69) is 15.0 Å². The molecule has 1 saturated heterocycles. The average molecular weight is 391 g/mol. The number of halogens is 3. The maximum atomic E-state index is 12.7. The van der Waals surface area contributed by atoms with Gasteiger partial charge in [-0.05, 0) is 17.7 Å². The summed E-state index contributed by atoms with van der Waals surface area (Å²) in [7, 11) is 1.66. The van der Waals surface area contributed by atoms with Crippen molar-refractivity contribution in [1.29, 1.82) is 0 Å². The number of nitrogens with one attached hydrogen (secondary N) is 1. The number of aromatic nitrogens is 2. The summed E-state index contributed by atoms with van der Waals surface area (Å²) >= 11 is 0. The van der Waals surface area contributed by atoms with E-state index in [0.29, 0.717) is 42.1 Å². The van der Waals surface area contributed by atoms with Crippen LogP contribution in [0, 0.1) is 0 Å². The van der Waals surface area contributed by atoms with Gasteiger partial charge in [-0.3, -0.25) is 14.6 Å². The number of amides is 1. The molecule has 2 atom stereocenters. The topological polar surface area (TPSA) is 73.8 Å². The van der Waals surface area contributed by atoms with Gasteiger partial charge in [0.25, 0.3) is 5.91 Å². The predicted octanol–water partition coefficient (Wildman–Crippen LogP) is 2.05. The van der Waals surface area contributed by atoms with Gasteiger partial charge in [0.2, 0.25) is 5.96 Å². The second kappa shape index (κ2) is 5.81. The maximum absolute atomic E-state index is 12.7. The van der Waals surface area contributed by atoms with Crippen molar-refractivity contribution >= 4 is 17.7 Å². The molecule has 3 aliphatic heterocycles. The zero-order chi connectivity index (χ0) is 19.6. The van der Waals surface area contributed by atoms with Crippen molar-refractivity contribution in [3.63, 3.8) is 0 Å². The molecule has 2 aromatic rings. The van der Waals surface area contributed by atoms with Gasteiger partial charge >= 0.3 is 6.18 Å². The lowest BCUT2D eigenvalue weighted by molar-refractivity contribution is -0.137. The van der Waals surface area contributed by atoms with Crippen molar-refractivity contribution in [3.05, 3.63) is 46.9 Å². The van der Waals surface area contributed by atoms with Gasteiger partial charge in [0.05, 0.1) is 24.8 Å². The maximum Gasteiger partial charge on any atom is 0.416 e. The number of benzene rings is 1. The highest BCUT2D eigenvalue weighted by molar-refractivity contribution is 6.18. The van der Waals surface area contributed by atoms with Crippen LogP contribution in [-0.4, -0.2) is 59.1 Å². The summed E-state index contributed by atoms with van der Waals surface area (Å²) in [6.07, 6.45) is -4.09. The average Bonchev–Trinajstić information content (AvgIpc) is 3.33. The first-order valence-electron chi connectivity index (χ1n) is 8.81. The number of hydrogen-bond donors (Lipinski definition) is 1. The highest BCUT2D eigenvalue weighted by Gasteiger charge is 2.49. The lowest BCUT2D eigenvalue weighted by atomic mass is 10.1. The Morgan fingerprint density at radius 1 is 1.25 bits per heavy atom. The number of fused-ring (bicyclic) bond motifs is 5. The van der Waals surface area contributed by atoms with Gasteiger partial charge in [-0.1, -0.05) is 12.1 Å². The van der Waals surface area contributed by atoms with Crippen LogP contribution in [0.15, 0.2) is 29.3 Å². The molecule has 0 unspecified atom stereocenters. The quantitative estimate of drug-likeness (QED) is 0.851. The normalized spacial score (nSPS) is 23.6. The summed E-state index contributed by atoms with van der Waals surface area (Å²) in [5, 5.41) is 0. The van der Waals surface area contributed by atoms with E-state index in [-0.39, 0.29) is 24.4 Å². The Morgan fingerprint density at radius 3 is 2.71 bits per heavy atom. The highest BCUT2D eigenvalue weighted by Crippen LogP contribution is 2.36. The molecule has 0 radical (unpaired) electrons. The van der Waals surface area contributed by atoms with E-state index in [1.54, 1.807) is 7.05 Å². The van der Waals surface area contributed by atoms with Crippen LogP contribution in [0.2, 0.25) is 0 Å². The Kier molecular flexibility index (Phi) is 3.57. The minimum Gasteiger partial charge on any atom is -0.377 e. The van der Waals surface area contributed by atoms with Crippen LogP contribution in [0.4, 0.5) is 19.0 Å². The van der Waals surface area contributed by atoms with Crippen molar-refractivity contribution in [2.24, 2.45) is 4.99 Å². The fourth-order valence-corrected chi connectivity index (χ4v) is 3.84. The first-order chi connectivity index (χ1) is 13.3. The molecule has 28 heavy (non-hydrogen) atoms. The highest BCUT2D eigenvalue weighted by atomic mass is 19.4. The third-order valence-corrected chi connectivity index (χ3v) is 5.28. The molecule has 0 spiro atoms. The number of hydrogen-bond acceptors (Lipinski definition) is 5.